The lowest BCUT2D eigenvalue weighted by Crippen LogP contribution is -2.32. The van der Waals surface area contributed by atoms with Crippen LogP contribution < -0.4 is 24.8 Å². The zero-order chi connectivity index (χ0) is 41.5. The Morgan fingerprint density at radius 3 is 2.14 bits per heavy atom. The van der Waals surface area contributed by atoms with E-state index in [1.807, 2.05) is 62.4 Å². The Balaban J connectivity index is 1.39. The molecule has 0 aliphatic rings. The van der Waals surface area contributed by atoms with Crippen molar-refractivity contribution in [2.45, 2.75) is 66.9 Å². The Bertz CT molecular complexity index is 1980. The number of phosphoric ester groups is 1. The van der Waals surface area contributed by atoms with E-state index in [0.29, 0.717) is 35.2 Å². The highest BCUT2D eigenvalue weighted by Crippen LogP contribution is 2.47. The predicted molar refractivity (Wildman–Crippen MR) is 221 cm³/mol. The normalized spacial score (nSPS) is 12.7. The van der Waals surface area contributed by atoms with E-state index in [-0.39, 0.29) is 42.0 Å². The van der Waals surface area contributed by atoms with Gasteiger partial charge in [-0.2, -0.15) is 0 Å². The third-order valence-electron chi connectivity index (χ3n) is 8.73. The van der Waals surface area contributed by atoms with E-state index in [9.17, 15) is 23.8 Å². The molecule has 1 unspecified atom stereocenters. The maximum atomic E-state index is 13.3. The first kappa shape index (κ1) is 44.4. The lowest BCUT2D eigenvalue weighted by Gasteiger charge is -2.31. The van der Waals surface area contributed by atoms with Crippen molar-refractivity contribution in [1.82, 2.24) is 0 Å². The summed E-state index contributed by atoms with van der Waals surface area (Å²) < 4.78 is 38.6. The molecule has 4 aromatic carbocycles. The van der Waals surface area contributed by atoms with Crippen LogP contribution in [-0.2, 0) is 30.0 Å². The summed E-state index contributed by atoms with van der Waals surface area (Å²) in [6.07, 6.45) is 0.592. The van der Waals surface area contributed by atoms with E-state index in [2.05, 4.69) is 43.2 Å². The molecule has 4 aromatic rings. The average molecular weight is 804 g/mol. The van der Waals surface area contributed by atoms with Crippen LogP contribution in [-0.4, -0.2) is 49.9 Å². The fourth-order valence-corrected chi connectivity index (χ4v) is 6.76. The highest BCUT2D eigenvalue weighted by Gasteiger charge is 2.26. The van der Waals surface area contributed by atoms with Gasteiger partial charge in [-0.15, -0.1) is 0 Å². The number of esters is 2. The number of benzene rings is 4. The minimum Gasteiger partial charge on any atom is -0.493 e. The van der Waals surface area contributed by atoms with E-state index in [1.165, 1.54) is 25.3 Å². The van der Waals surface area contributed by atoms with E-state index in [1.54, 1.807) is 24.3 Å². The molecule has 14 heteroatoms. The van der Waals surface area contributed by atoms with E-state index in [0.717, 1.165) is 29.9 Å². The van der Waals surface area contributed by atoms with Crippen LogP contribution in [0.5, 0.6) is 11.5 Å². The van der Waals surface area contributed by atoms with Gasteiger partial charge in [0.2, 0.25) is 6.79 Å². The van der Waals surface area contributed by atoms with Crippen LogP contribution in [0.3, 0.4) is 0 Å². The standard InChI is InChI=1S/C43H54N3O10P/c1-8-33(34-16-20-38(46(25-29(2)3)26-30(4)5)37(22-34)45-43(49)44-36-18-14-31(6)15-19-36)24-41(47)53-28-54-42(48)35-17-21-39(40(23-35)52-7)56-57(50,51)55-27-32-12-10-9-11-13-32/h9-23,29-30,33H,8,24-28H2,1-7H3,(H,50,51)(H2,44,45,49)/t33-/m0/s1. The Hall–Kier alpha value is -5.36. The SMILES string of the molecule is CC[C@@H](CC(=O)OCOC(=O)c1ccc(OP(=O)(O)OCc2ccccc2)c(OC)c1)c1ccc(N(CC(C)C)CC(C)C)c(NC(=O)Nc2ccc(C)cc2)c1. The molecule has 57 heavy (non-hydrogen) atoms. The molecule has 0 aromatic heterocycles. The third kappa shape index (κ3) is 14.3. The van der Waals surface area contributed by atoms with Crippen LogP contribution in [0.1, 0.15) is 80.4 Å². The molecule has 4 rings (SSSR count). The number of urea groups is 1. The van der Waals surface area contributed by atoms with Gasteiger partial charge in [-0.25, -0.2) is 14.2 Å². The highest BCUT2D eigenvalue weighted by atomic mass is 31.2. The maximum Gasteiger partial charge on any atom is 0.527 e. The van der Waals surface area contributed by atoms with Crippen molar-refractivity contribution < 1.29 is 47.1 Å². The Kier molecular flexibility index (Phi) is 16.5. The molecule has 0 heterocycles. The first-order valence-electron chi connectivity index (χ1n) is 18.9. The zero-order valence-corrected chi connectivity index (χ0v) is 34.5. The molecule has 0 radical (unpaired) electrons. The van der Waals surface area contributed by atoms with E-state index >= 15 is 0 Å². The van der Waals surface area contributed by atoms with Crippen LogP contribution in [0.4, 0.5) is 21.9 Å². The summed E-state index contributed by atoms with van der Waals surface area (Å²) >= 11 is 0. The van der Waals surface area contributed by atoms with E-state index in [4.69, 9.17) is 23.3 Å². The molecule has 0 aliphatic carbocycles. The highest BCUT2D eigenvalue weighted by molar-refractivity contribution is 7.47. The molecule has 2 atom stereocenters. The van der Waals surface area contributed by atoms with Crippen molar-refractivity contribution in [1.29, 1.82) is 0 Å². The number of hydrogen-bond donors (Lipinski definition) is 3. The number of phosphoric acid groups is 1. The molecule has 0 aliphatic heterocycles. The van der Waals surface area contributed by atoms with Gasteiger partial charge in [0.15, 0.2) is 11.5 Å². The van der Waals surface area contributed by atoms with Crippen molar-refractivity contribution in [3.8, 4) is 11.5 Å². The zero-order valence-electron chi connectivity index (χ0n) is 33.7. The van der Waals surface area contributed by atoms with Gasteiger partial charge in [-0.05, 0) is 84.7 Å². The summed E-state index contributed by atoms with van der Waals surface area (Å²) in [6, 6.07) is 25.7. The number of aryl methyl sites for hydroxylation is 1. The quantitative estimate of drug-likeness (QED) is 0.0443. The second-order valence-electron chi connectivity index (χ2n) is 14.5. The molecule has 0 saturated carbocycles. The third-order valence-corrected chi connectivity index (χ3v) is 9.61. The van der Waals surface area contributed by atoms with Crippen LogP contribution in [0.15, 0.2) is 91.0 Å². The average Bonchev–Trinajstić information content (AvgIpc) is 3.16. The summed E-state index contributed by atoms with van der Waals surface area (Å²) in [5.41, 5.74) is 4.77. The predicted octanol–water partition coefficient (Wildman–Crippen LogP) is 9.70. The van der Waals surface area contributed by atoms with Crippen LogP contribution in [0, 0.1) is 18.8 Å². The number of ether oxygens (including phenoxy) is 3. The first-order chi connectivity index (χ1) is 27.2. The van der Waals surface area contributed by atoms with Crippen molar-refractivity contribution in [2.75, 3.05) is 42.5 Å². The molecule has 306 valence electrons. The van der Waals surface area contributed by atoms with Crippen molar-refractivity contribution in [2.24, 2.45) is 11.8 Å². The second kappa shape index (κ2) is 21.2. The minimum atomic E-state index is -4.54. The van der Waals surface area contributed by atoms with Gasteiger partial charge in [0, 0.05) is 18.8 Å². The van der Waals surface area contributed by atoms with Crippen LogP contribution in [0.25, 0.3) is 0 Å². The Morgan fingerprint density at radius 1 is 0.825 bits per heavy atom. The van der Waals surface area contributed by atoms with Gasteiger partial charge in [-0.3, -0.25) is 14.2 Å². The molecule has 0 saturated heterocycles. The number of carbonyl (C=O) groups excluding carboxylic acids is 3. The molecule has 0 fully saturated rings. The monoisotopic (exact) mass is 803 g/mol. The summed E-state index contributed by atoms with van der Waals surface area (Å²) in [5.74, 6) is -1.07. The fourth-order valence-electron chi connectivity index (χ4n) is 6.00. The van der Waals surface area contributed by atoms with Gasteiger partial charge in [0.25, 0.3) is 0 Å². The van der Waals surface area contributed by atoms with Gasteiger partial charge >= 0.3 is 25.8 Å². The topological polar surface area (TPSA) is 162 Å². The smallest absolute Gasteiger partial charge is 0.493 e. The number of anilines is 3. The number of nitrogens with zero attached hydrogens (tertiary/aromatic N) is 1. The Morgan fingerprint density at radius 2 is 1.51 bits per heavy atom. The molecular weight excluding hydrogens is 749 g/mol. The molecule has 0 bridgehead atoms. The fraction of sp³-hybridized carbons (Fsp3) is 0.372. The second-order valence-corrected chi connectivity index (χ2v) is 15.9. The molecular formula is C43H54N3O10P. The van der Waals surface area contributed by atoms with Gasteiger partial charge in [0.05, 0.1) is 37.1 Å². The molecule has 3 N–H and O–H groups in total. The minimum absolute atomic E-state index is 0.00246. The number of carbonyl (C=O) groups is 3. The number of rotatable bonds is 20. The number of hydrogen-bond acceptors (Lipinski definition) is 10. The number of amides is 2. The Labute approximate surface area is 335 Å². The van der Waals surface area contributed by atoms with Crippen LogP contribution >= 0.6 is 7.82 Å². The maximum absolute atomic E-state index is 13.3. The van der Waals surface area contributed by atoms with Gasteiger partial charge in [0.1, 0.15) is 0 Å². The number of nitrogens with one attached hydrogen (secondary N) is 2. The summed E-state index contributed by atoms with van der Waals surface area (Å²) in [5, 5.41) is 5.96. The van der Waals surface area contributed by atoms with Crippen molar-refractivity contribution in [3.05, 3.63) is 113 Å². The molecule has 13 nitrogen and oxygen atoms in total. The summed E-state index contributed by atoms with van der Waals surface area (Å²) in [7, 11) is -3.24. The van der Waals surface area contributed by atoms with Gasteiger partial charge in [-0.1, -0.05) is 88.7 Å². The lowest BCUT2D eigenvalue weighted by atomic mass is 9.92. The lowest BCUT2D eigenvalue weighted by molar-refractivity contribution is -0.152. The van der Waals surface area contributed by atoms with Crippen molar-refractivity contribution in [3.63, 3.8) is 0 Å². The van der Waals surface area contributed by atoms with Crippen LogP contribution in [0.2, 0.25) is 0 Å². The van der Waals surface area contributed by atoms with Crippen molar-refractivity contribution >= 4 is 42.9 Å². The number of methoxy groups -OCH3 is 1. The summed E-state index contributed by atoms with van der Waals surface area (Å²) in [6.45, 7) is 13.3. The van der Waals surface area contributed by atoms with E-state index < -0.39 is 26.6 Å². The largest absolute Gasteiger partial charge is 0.527 e. The summed E-state index contributed by atoms with van der Waals surface area (Å²) in [4.78, 5) is 51.7. The molecule has 2 amide bonds. The first-order valence-corrected chi connectivity index (χ1v) is 20.4. The molecule has 0 spiro atoms. The van der Waals surface area contributed by atoms with Gasteiger partial charge < -0.3 is 34.3 Å².